The molecule has 0 N–H and O–H groups in total. The first-order valence-corrected chi connectivity index (χ1v) is 6.05. The normalized spacial score (nSPS) is 14.1. The van der Waals surface area contributed by atoms with Crippen molar-refractivity contribution in [2.75, 3.05) is 7.11 Å². The van der Waals surface area contributed by atoms with E-state index in [1.807, 2.05) is 0 Å². The molecule has 0 aromatic carbocycles. The van der Waals surface area contributed by atoms with Crippen molar-refractivity contribution < 1.29 is 17.7 Å². The highest BCUT2D eigenvalue weighted by Crippen LogP contribution is 2.24. The molecular formula is C7H14F2O2Si. The van der Waals surface area contributed by atoms with Crippen molar-refractivity contribution >= 4 is 14.7 Å². The fraction of sp³-hybridized carbons (Fsp3) is 0.857. The summed E-state index contributed by atoms with van der Waals surface area (Å²) in [6.45, 7) is 2.93. The highest BCUT2D eigenvalue weighted by molar-refractivity contribution is 6.66. The van der Waals surface area contributed by atoms with E-state index in [-0.39, 0.29) is 12.1 Å². The minimum atomic E-state index is -4.12. The van der Waals surface area contributed by atoms with Crippen LogP contribution in [0.2, 0.25) is 12.1 Å². The zero-order valence-electron chi connectivity index (χ0n) is 7.56. The minimum Gasteiger partial charge on any atom is -0.469 e. The summed E-state index contributed by atoms with van der Waals surface area (Å²) >= 11 is 0. The molecule has 0 aliphatic carbocycles. The van der Waals surface area contributed by atoms with Crippen LogP contribution >= 0.6 is 0 Å². The lowest BCUT2D eigenvalue weighted by Gasteiger charge is -2.14. The molecule has 0 amide bonds. The third kappa shape index (κ3) is 3.80. The van der Waals surface area contributed by atoms with E-state index in [0.717, 1.165) is 0 Å². The fourth-order valence-electron chi connectivity index (χ4n) is 0.877. The Kier molecular flexibility index (Phi) is 4.37. The number of halogens is 2. The van der Waals surface area contributed by atoms with Crippen molar-refractivity contribution in [3.05, 3.63) is 0 Å². The van der Waals surface area contributed by atoms with E-state index in [2.05, 4.69) is 4.74 Å². The van der Waals surface area contributed by atoms with Crippen LogP contribution in [0.3, 0.4) is 0 Å². The van der Waals surface area contributed by atoms with E-state index >= 15 is 0 Å². The maximum atomic E-state index is 12.8. The fourth-order valence-corrected chi connectivity index (χ4v) is 2.23. The van der Waals surface area contributed by atoms with Crippen molar-refractivity contribution in [2.24, 2.45) is 5.92 Å². The molecule has 0 rings (SSSR count). The summed E-state index contributed by atoms with van der Waals surface area (Å²) in [5.41, 5.74) is 0. The van der Waals surface area contributed by atoms with Gasteiger partial charge in [0, 0.05) is 6.04 Å². The molecule has 0 aliphatic rings. The average molecular weight is 196 g/mol. The first-order valence-electron chi connectivity index (χ1n) is 3.88. The Morgan fingerprint density at radius 1 is 1.58 bits per heavy atom. The Hall–Kier alpha value is -0.453. The second kappa shape index (κ2) is 4.54. The van der Waals surface area contributed by atoms with E-state index in [1.54, 1.807) is 0 Å². The topological polar surface area (TPSA) is 26.3 Å². The molecule has 0 aliphatic heterocycles. The van der Waals surface area contributed by atoms with E-state index in [0.29, 0.717) is 0 Å². The maximum absolute atomic E-state index is 12.8. The lowest BCUT2D eigenvalue weighted by molar-refractivity contribution is -0.144. The standard InChI is InChI=1S/C7H14F2O2Si/c1-4-12(8,9)5-6(2)7(10)11-3/h6H,4-5H2,1-3H3. The number of hydrogen-bond acceptors (Lipinski definition) is 2. The van der Waals surface area contributed by atoms with Crippen LogP contribution in [0, 0.1) is 5.92 Å². The van der Waals surface area contributed by atoms with Gasteiger partial charge in [-0.2, -0.15) is 0 Å². The van der Waals surface area contributed by atoms with Gasteiger partial charge in [-0.05, 0) is 6.04 Å². The van der Waals surface area contributed by atoms with Gasteiger partial charge >= 0.3 is 14.7 Å². The van der Waals surface area contributed by atoms with Gasteiger partial charge in [0.05, 0.1) is 13.0 Å². The predicted octanol–water partition coefficient (Wildman–Crippen LogP) is 2.20. The Bertz CT molecular complexity index is 161. The van der Waals surface area contributed by atoms with Gasteiger partial charge in [0.15, 0.2) is 0 Å². The molecule has 0 bridgehead atoms. The first-order chi connectivity index (χ1) is 5.43. The third-order valence-corrected chi connectivity index (χ3v) is 3.97. The molecule has 1 atom stereocenters. The van der Waals surface area contributed by atoms with Crippen molar-refractivity contribution in [2.45, 2.75) is 25.9 Å². The maximum Gasteiger partial charge on any atom is 0.425 e. The van der Waals surface area contributed by atoms with E-state index in [1.165, 1.54) is 21.0 Å². The number of esters is 1. The van der Waals surface area contributed by atoms with Crippen LogP contribution in [-0.4, -0.2) is 21.8 Å². The van der Waals surface area contributed by atoms with Crippen molar-refractivity contribution in [3.63, 3.8) is 0 Å². The van der Waals surface area contributed by atoms with E-state index in [4.69, 9.17) is 0 Å². The van der Waals surface area contributed by atoms with Gasteiger partial charge < -0.3 is 4.74 Å². The van der Waals surface area contributed by atoms with Crippen molar-refractivity contribution in [1.29, 1.82) is 0 Å². The van der Waals surface area contributed by atoms with Crippen LogP contribution in [0.5, 0.6) is 0 Å². The summed E-state index contributed by atoms with van der Waals surface area (Å²) in [4.78, 5) is 10.8. The molecular weight excluding hydrogens is 182 g/mol. The van der Waals surface area contributed by atoms with Gasteiger partial charge in [-0.1, -0.05) is 13.8 Å². The monoisotopic (exact) mass is 196 g/mol. The molecule has 0 radical (unpaired) electrons. The zero-order valence-corrected chi connectivity index (χ0v) is 8.56. The molecule has 0 saturated carbocycles. The number of rotatable bonds is 4. The highest BCUT2D eigenvalue weighted by atomic mass is 28.4. The van der Waals surface area contributed by atoms with Crippen LogP contribution in [0.4, 0.5) is 8.22 Å². The Morgan fingerprint density at radius 2 is 2.08 bits per heavy atom. The molecule has 0 heterocycles. The van der Waals surface area contributed by atoms with Gasteiger partial charge in [-0.3, -0.25) is 13.0 Å². The largest absolute Gasteiger partial charge is 0.469 e. The molecule has 0 saturated heterocycles. The summed E-state index contributed by atoms with van der Waals surface area (Å²) in [7, 11) is -2.91. The Morgan fingerprint density at radius 3 is 2.42 bits per heavy atom. The summed E-state index contributed by atoms with van der Waals surface area (Å²) in [6.07, 6.45) is 0. The number of carbonyl (C=O) groups excluding carboxylic acids is 1. The van der Waals surface area contributed by atoms with Crippen LogP contribution in [0.25, 0.3) is 0 Å². The molecule has 0 aromatic rings. The lowest BCUT2D eigenvalue weighted by Crippen LogP contribution is -2.27. The highest BCUT2D eigenvalue weighted by Gasteiger charge is 2.36. The van der Waals surface area contributed by atoms with Crippen LogP contribution in [0.15, 0.2) is 0 Å². The zero-order chi connectivity index (χ0) is 9.78. The Balaban J connectivity index is 3.99. The average Bonchev–Trinajstić information content (AvgIpc) is 2.02. The van der Waals surface area contributed by atoms with E-state index < -0.39 is 20.6 Å². The number of hydrogen-bond donors (Lipinski definition) is 0. The molecule has 5 heteroatoms. The van der Waals surface area contributed by atoms with Gasteiger partial charge in [0.2, 0.25) is 0 Å². The summed E-state index contributed by atoms with van der Waals surface area (Å²) in [6, 6.07) is -0.398. The smallest absolute Gasteiger partial charge is 0.425 e. The SMILES string of the molecule is CC[Si](F)(F)CC(C)C(=O)OC. The molecule has 1 unspecified atom stereocenters. The minimum absolute atomic E-state index is 0.103. The lowest BCUT2D eigenvalue weighted by atomic mass is 10.2. The molecule has 0 aromatic heterocycles. The van der Waals surface area contributed by atoms with Crippen molar-refractivity contribution in [1.82, 2.24) is 0 Å². The summed E-state index contributed by atoms with van der Waals surface area (Å²) in [5.74, 6) is -1.22. The second-order valence-corrected chi connectivity index (χ2v) is 5.67. The quantitative estimate of drug-likeness (QED) is 0.391. The summed E-state index contributed by atoms with van der Waals surface area (Å²) < 4.78 is 30.0. The van der Waals surface area contributed by atoms with Gasteiger partial charge in [-0.25, -0.2) is 0 Å². The number of carbonyl (C=O) groups is 1. The molecule has 0 spiro atoms. The Labute approximate surface area is 72.3 Å². The molecule has 0 fully saturated rings. The predicted molar refractivity (Wildman–Crippen MR) is 44.4 cm³/mol. The number of ether oxygens (including phenoxy) is 1. The number of methoxy groups -OCH3 is 1. The van der Waals surface area contributed by atoms with Crippen LogP contribution < -0.4 is 0 Å². The van der Waals surface area contributed by atoms with E-state index in [9.17, 15) is 13.0 Å². The third-order valence-electron chi connectivity index (χ3n) is 1.73. The first kappa shape index (κ1) is 11.5. The van der Waals surface area contributed by atoms with Crippen LogP contribution in [-0.2, 0) is 9.53 Å². The molecule has 12 heavy (non-hydrogen) atoms. The second-order valence-electron chi connectivity index (χ2n) is 2.84. The van der Waals surface area contributed by atoms with Crippen LogP contribution in [0.1, 0.15) is 13.8 Å². The molecule has 72 valence electrons. The van der Waals surface area contributed by atoms with Gasteiger partial charge in [-0.15, -0.1) is 0 Å². The summed E-state index contributed by atoms with van der Waals surface area (Å²) in [5, 5.41) is 0. The van der Waals surface area contributed by atoms with Gasteiger partial charge in [0.25, 0.3) is 0 Å². The van der Waals surface area contributed by atoms with Crippen molar-refractivity contribution in [3.8, 4) is 0 Å². The van der Waals surface area contributed by atoms with Gasteiger partial charge in [0.1, 0.15) is 0 Å². The molecule has 2 nitrogen and oxygen atoms in total.